The summed E-state index contributed by atoms with van der Waals surface area (Å²) in [6.45, 7) is 7.10. The molecule has 0 fully saturated rings. The fraction of sp³-hybridized carbons (Fsp3) is 0.588. The SMILES string of the molecule is CC(C)CS(=O)(=O)CC(=O)NC[C@@H](C)N1CCc2ccccc21. The van der Waals surface area contributed by atoms with Crippen LogP contribution in [-0.2, 0) is 21.1 Å². The van der Waals surface area contributed by atoms with Gasteiger partial charge in [-0.25, -0.2) is 8.42 Å². The molecule has 0 saturated carbocycles. The van der Waals surface area contributed by atoms with Crippen molar-refractivity contribution in [3.63, 3.8) is 0 Å². The molecule has 0 radical (unpaired) electrons. The Bertz CT molecular complexity index is 656. The van der Waals surface area contributed by atoms with Crippen molar-refractivity contribution < 1.29 is 13.2 Å². The Hall–Kier alpha value is -1.56. The van der Waals surface area contributed by atoms with E-state index in [1.807, 2.05) is 32.9 Å². The van der Waals surface area contributed by atoms with Gasteiger partial charge in [-0.2, -0.15) is 0 Å². The first-order valence-electron chi connectivity index (χ1n) is 8.10. The molecule has 0 aromatic heterocycles. The summed E-state index contributed by atoms with van der Waals surface area (Å²) in [7, 11) is -3.32. The predicted octanol–water partition coefficient (Wildman–Crippen LogP) is 1.62. The molecule has 1 aromatic carbocycles. The molecule has 1 heterocycles. The standard InChI is InChI=1S/C17H26N2O3S/c1-13(2)11-23(21,22)12-17(20)18-10-14(3)19-9-8-15-6-4-5-7-16(15)19/h4-7,13-14H,8-12H2,1-3H3,(H,18,20)/t14-/m1/s1. The smallest absolute Gasteiger partial charge is 0.235 e. The molecular weight excluding hydrogens is 312 g/mol. The highest BCUT2D eigenvalue weighted by Crippen LogP contribution is 2.28. The number of para-hydroxylation sites is 1. The summed E-state index contributed by atoms with van der Waals surface area (Å²) in [4.78, 5) is 14.2. The van der Waals surface area contributed by atoms with E-state index >= 15 is 0 Å². The Balaban J connectivity index is 1.86. The van der Waals surface area contributed by atoms with Gasteiger partial charge in [-0.15, -0.1) is 0 Å². The van der Waals surface area contributed by atoms with Gasteiger partial charge in [-0.1, -0.05) is 32.0 Å². The van der Waals surface area contributed by atoms with Crippen molar-refractivity contribution >= 4 is 21.4 Å². The molecule has 5 nitrogen and oxygen atoms in total. The van der Waals surface area contributed by atoms with Gasteiger partial charge >= 0.3 is 0 Å². The van der Waals surface area contributed by atoms with Gasteiger partial charge in [-0.3, -0.25) is 4.79 Å². The molecule has 1 N–H and O–H groups in total. The third-order valence-electron chi connectivity index (χ3n) is 3.99. The van der Waals surface area contributed by atoms with Crippen LogP contribution >= 0.6 is 0 Å². The predicted molar refractivity (Wildman–Crippen MR) is 93.5 cm³/mol. The molecular formula is C17H26N2O3S. The van der Waals surface area contributed by atoms with Gasteiger partial charge in [0.25, 0.3) is 0 Å². The van der Waals surface area contributed by atoms with Crippen molar-refractivity contribution in [1.82, 2.24) is 5.32 Å². The second-order valence-electron chi connectivity index (χ2n) is 6.67. The summed E-state index contributed by atoms with van der Waals surface area (Å²) in [6, 6.07) is 8.40. The van der Waals surface area contributed by atoms with E-state index in [9.17, 15) is 13.2 Å². The Kier molecular flexibility index (Phi) is 5.68. The molecule has 23 heavy (non-hydrogen) atoms. The van der Waals surface area contributed by atoms with Crippen molar-refractivity contribution in [3.8, 4) is 0 Å². The second-order valence-corrected chi connectivity index (χ2v) is 8.78. The number of nitrogens with zero attached hydrogens (tertiary/aromatic N) is 1. The number of amides is 1. The number of carbonyl (C=O) groups is 1. The van der Waals surface area contributed by atoms with Gasteiger partial charge in [-0.05, 0) is 30.9 Å². The molecule has 6 heteroatoms. The number of carbonyl (C=O) groups excluding carboxylic acids is 1. The molecule has 0 saturated heterocycles. The van der Waals surface area contributed by atoms with Crippen LogP contribution in [0.1, 0.15) is 26.3 Å². The van der Waals surface area contributed by atoms with Crippen molar-refractivity contribution in [1.29, 1.82) is 0 Å². The molecule has 2 rings (SSSR count). The third kappa shape index (κ3) is 4.96. The number of anilines is 1. The van der Waals surface area contributed by atoms with Crippen LogP contribution in [0.25, 0.3) is 0 Å². The lowest BCUT2D eigenvalue weighted by atomic mass is 10.2. The molecule has 1 atom stereocenters. The first-order chi connectivity index (χ1) is 10.8. The van der Waals surface area contributed by atoms with E-state index in [0.29, 0.717) is 6.54 Å². The van der Waals surface area contributed by atoms with E-state index < -0.39 is 21.5 Å². The summed E-state index contributed by atoms with van der Waals surface area (Å²) in [5, 5.41) is 2.76. The van der Waals surface area contributed by atoms with Crippen molar-refractivity contribution in [3.05, 3.63) is 29.8 Å². The second kappa shape index (κ2) is 7.34. The lowest BCUT2D eigenvalue weighted by Crippen LogP contribution is -2.43. The van der Waals surface area contributed by atoms with E-state index in [4.69, 9.17) is 0 Å². The summed E-state index contributed by atoms with van der Waals surface area (Å²) < 4.78 is 23.7. The highest BCUT2D eigenvalue weighted by Gasteiger charge is 2.24. The highest BCUT2D eigenvalue weighted by atomic mass is 32.2. The average Bonchev–Trinajstić information content (AvgIpc) is 2.86. The van der Waals surface area contributed by atoms with Gasteiger partial charge in [0.2, 0.25) is 5.91 Å². The summed E-state index contributed by atoms with van der Waals surface area (Å²) in [5.41, 5.74) is 2.53. The minimum atomic E-state index is -3.32. The Morgan fingerprint density at radius 3 is 2.65 bits per heavy atom. The lowest BCUT2D eigenvalue weighted by Gasteiger charge is -2.27. The summed E-state index contributed by atoms with van der Waals surface area (Å²) in [6.07, 6.45) is 1.01. The number of fused-ring (bicyclic) bond motifs is 1. The van der Waals surface area contributed by atoms with Crippen molar-refractivity contribution in [2.24, 2.45) is 5.92 Å². The fourth-order valence-electron chi connectivity index (χ4n) is 3.01. The van der Waals surface area contributed by atoms with E-state index in [1.54, 1.807) is 0 Å². The summed E-state index contributed by atoms with van der Waals surface area (Å²) in [5.74, 6) is -0.748. The number of rotatable bonds is 7. The molecule has 0 aliphatic carbocycles. The molecule has 128 valence electrons. The molecule has 1 amide bonds. The zero-order valence-corrected chi connectivity index (χ0v) is 14.9. The van der Waals surface area contributed by atoms with Crippen LogP contribution in [0, 0.1) is 5.92 Å². The Morgan fingerprint density at radius 2 is 1.96 bits per heavy atom. The number of hydrogen-bond acceptors (Lipinski definition) is 4. The number of benzene rings is 1. The Labute approximate surface area is 139 Å². The zero-order valence-electron chi connectivity index (χ0n) is 14.1. The van der Waals surface area contributed by atoms with Gasteiger partial charge in [0, 0.05) is 24.8 Å². The monoisotopic (exact) mass is 338 g/mol. The van der Waals surface area contributed by atoms with Crippen molar-refractivity contribution in [2.45, 2.75) is 33.2 Å². The molecule has 1 aliphatic heterocycles. The number of hydrogen-bond donors (Lipinski definition) is 1. The molecule has 0 unspecified atom stereocenters. The van der Waals surface area contributed by atoms with Crippen molar-refractivity contribution in [2.75, 3.05) is 29.5 Å². The lowest BCUT2D eigenvalue weighted by molar-refractivity contribution is -0.118. The number of nitrogens with one attached hydrogen (secondary N) is 1. The maximum Gasteiger partial charge on any atom is 0.235 e. The quantitative estimate of drug-likeness (QED) is 0.820. The van der Waals surface area contributed by atoms with E-state index in [-0.39, 0.29) is 17.7 Å². The summed E-state index contributed by atoms with van der Waals surface area (Å²) >= 11 is 0. The van der Waals surface area contributed by atoms with E-state index in [0.717, 1.165) is 13.0 Å². The number of sulfone groups is 1. The Morgan fingerprint density at radius 1 is 1.26 bits per heavy atom. The minimum Gasteiger partial charge on any atom is -0.366 e. The maximum atomic E-state index is 11.9. The van der Waals surface area contributed by atoms with E-state index in [1.165, 1.54) is 11.3 Å². The van der Waals surface area contributed by atoms with Gasteiger partial charge in [0.1, 0.15) is 5.75 Å². The third-order valence-corrected chi connectivity index (χ3v) is 5.86. The molecule has 1 aromatic rings. The molecule has 1 aliphatic rings. The topological polar surface area (TPSA) is 66.5 Å². The molecule has 0 bridgehead atoms. The van der Waals surface area contributed by atoms with Gasteiger partial charge in [0.05, 0.1) is 5.75 Å². The van der Waals surface area contributed by atoms with Crippen LogP contribution in [0.3, 0.4) is 0 Å². The van der Waals surface area contributed by atoms with Gasteiger partial charge < -0.3 is 10.2 Å². The highest BCUT2D eigenvalue weighted by molar-refractivity contribution is 7.92. The van der Waals surface area contributed by atoms with E-state index in [2.05, 4.69) is 22.3 Å². The maximum absolute atomic E-state index is 11.9. The van der Waals surface area contributed by atoms with Crippen LogP contribution < -0.4 is 10.2 Å². The zero-order chi connectivity index (χ0) is 17.0. The first-order valence-corrected chi connectivity index (χ1v) is 9.92. The van der Waals surface area contributed by atoms with Crippen LogP contribution in [0.2, 0.25) is 0 Å². The van der Waals surface area contributed by atoms with Gasteiger partial charge in [0.15, 0.2) is 9.84 Å². The fourth-order valence-corrected chi connectivity index (χ4v) is 4.65. The average molecular weight is 338 g/mol. The van der Waals surface area contributed by atoms with Crippen LogP contribution in [0.5, 0.6) is 0 Å². The largest absolute Gasteiger partial charge is 0.366 e. The van der Waals surface area contributed by atoms with Crippen LogP contribution in [-0.4, -0.2) is 45.0 Å². The first kappa shape index (κ1) is 17.8. The van der Waals surface area contributed by atoms with Crippen LogP contribution in [0.15, 0.2) is 24.3 Å². The minimum absolute atomic E-state index is 0.0350. The molecule has 0 spiro atoms. The normalized spacial score (nSPS) is 15.6. The van der Waals surface area contributed by atoms with Crippen LogP contribution in [0.4, 0.5) is 5.69 Å².